The summed E-state index contributed by atoms with van der Waals surface area (Å²) in [5, 5.41) is 0.738. The van der Waals surface area contributed by atoms with E-state index >= 15 is 0 Å². The van der Waals surface area contributed by atoms with Crippen LogP contribution in [0.2, 0.25) is 10.0 Å². The van der Waals surface area contributed by atoms with Gasteiger partial charge in [-0.05, 0) is 107 Å². The lowest BCUT2D eigenvalue weighted by atomic mass is 10.1. The highest BCUT2D eigenvalue weighted by Crippen LogP contribution is 2.38. The van der Waals surface area contributed by atoms with Crippen LogP contribution in [0.15, 0.2) is 65.6 Å². The van der Waals surface area contributed by atoms with Gasteiger partial charge in [0, 0.05) is 10.0 Å². The van der Waals surface area contributed by atoms with Crippen LogP contribution in [0.25, 0.3) is 6.08 Å². The summed E-state index contributed by atoms with van der Waals surface area (Å²) in [5.74, 6) is -0.323. The number of amides is 2. The molecule has 0 saturated carbocycles. The standard InChI is InChI=1S/C26H18Cl2INO5S/c1-2-34-21-12-16(11-20(29)23(21)35-25(32)17-5-9-19(28)10-6-17)13-22-24(31)30(26(33)36-22)14-15-3-7-18(27)8-4-15/h3-13H,2,14H2,1H3/b22-13-. The van der Waals surface area contributed by atoms with E-state index in [1.54, 1.807) is 66.7 Å². The molecule has 0 aliphatic carbocycles. The third kappa shape index (κ3) is 6.23. The summed E-state index contributed by atoms with van der Waals surface area (Å²) in [7, 11) is 0. The number of benzene rings is 3. The molecule has 3 aromatic carbocycles. The van der Waals surface area contributed by atoms with E-state index in [9.17, 15) is 14.4 Å². The number of carbonyl (C=O) groups excluding carboxylic acids is 3. The van der Waals surface area contributed by atoms with Gasteiger partial charge in [0.1, 0.15) is 0 Å². The number of halogens is 3. The molecule has 6 nitrogen and oxygen atoms in total. The van der Waals surface area contributed by atoms with Crippen molar-refractivity contribution in [1.82, 2.24) is 4.90 Å². The normalized spacial score (nSPS) is 14.4. The lowest BCUT2D eigenvalue weighted by Gasteiger charge is -2.14. The summed E-state index contributed by atoms with van der Waals surface area (Å²) in [6.07, 6.45) is 1.63. The van der Waals surface area contributed by atoms with Crippen molar-refractivity contribution in [2.24, 2.45) is 0 Å². The zero-order valence-electron chi connectivity index (χ0n) is 18.8. The zero-order chi connectivity index (χ0) is 25.8. The summed E-state index contributed by atoms with van der Waals surface area (Å²) >= 11 is 14.7. The second kappa shape index (κ2) is 11.7. The third-order valence-corrected chi connectivity index (χ3v) is 7.24. The molecule has 0 spiro atoms. The Balaban J connectivity index is 1.57. The van der Waals surface area contributed by atoms with Gasteiger partial charge in [-0.3, -0.25) is 14.5 Å². The first-order valence-electron chi connectivity index (χ1n) is 10.7. The van der Waals surface area contributed by atoms with Crippen LogP contribution in [0.4, 0.5) is 4.79 Å². The van der Waals surface area contributed by atoms with Gasteiger partial charge < -0.3 is 9.47 Å². The number of hydrogen-bond acceptors (Lipinski definition) is 6. The average Bonchev–Trinajstić information content (AvgIpc) is 3.10. The molecule has 1 heterocycles. The number of esters is 1. The molecule has 0 unspecified atom stereocenters. The van der Waals surface area contributed by atoms with Crippen LogP contribution in [-0.2, 0) is 11.3 Å². The van der Waals surface area contributed by atoms with Gasteiger partial charge in [0.05, 0.1) is 27.2 Å². The van der Waals surface area contributed by atoms with E-state index in [-0.39, 0.29) is 28.3 Å². The first-order valence-corrected chi connectivity index (χ1v) is 13.3. The van der Waals surface area contributed by atoms with Crippen molar-refractivity contribution in [1.29, 1.82) is 0 Å². The summed E-state index contributed by atoms with van der Waals surface area (Å²) in [6, 6.07) is 16.8. The molecule has 1 fully saturated rings. The molecule has 0 atom stereocenters. The fraction of sp³-hybridized carbons (Fsp3) is 0.115. The van der Waals surface area contributed by atoms with Gasteiger partial charge in [-0.1, -0.05) is 35.3 Å². The second-order valence-electron chi connectivity index (χ2n) is 7.55. The van der Waals surface area contributed by atoms with Gasteiger partial charge in [-0.15, -0.1) is 0 Å². The number of rotatable bonds is 7. The number of nitrogens with zero attached hydrogens (tertiary/aromatic N) is 1. The Morgan fingerprint density at radius 2 is 1.67 bits per heavy atom. The van der Waals surface area contributed by atoms with Crippen LogP contribution in [0.1, 0.15) is 28.4 Å². The molecular formula is C26H18Cl2INO5S. The second-order valence-corrected chi connectivity index (χ2v) is 10.6. The third-order valence-electron chi connectivity index (χ3n) is 5.03. The van der Waals surface area contributed by atoms with Crippen LogP contribution in [-0.4, -0.2) is 28.6 Å². The van der Waals surface area contributed by atoms with E-state index in [1.807, 2.05) is 29.5 Å². The predicted octanol–water partition coefficient (Wildman–Crippen LogP) is 7.45. The van der Waals surface area contributed by atoms with Gasteiger partial charge in [0.2, 0.25) is 0 Å². The fourth-order valence-electron chi connectivity index (χ4n) is 3.33. The van der Waals surface area contributed by atoms with Crippen molar-refractivity contribution in [3.63, 3.8) is 0 Å². The van der Waals surface area contributed by atoms with E-state index in [2.05, 4.69) is 0 Å². The monoisotopic (exact) mass is 653 g/mol. The molecule has 2 amide bonds. The van der Waals surface area contributed by atoms with E-state index in [4.69, 9.17) is 32.7 Å². The van der Waals surface area contributed by atoms with Gasteiger partial charge >= 0.3 is 5.97 Å². The number of thioether (sulfide) groups is 1. The Labute approximate surface area is 235 Å². The predicted molar refractivity (Wildman–Crippen MR) is 150 cm³/mol. The number of ether oxygens (including phenoxy) is 2. The van der Waals surface area contributed by atoms with Crippen LogP contribution in [0, 0.1) is 3.57 Å². The summed E-state index contributed by atoms with van der Waals surface area (Å²) < 4.78 is 12.0. The molecule has 1 aliphatic heterocycles. The first kappa shape index (κ1) is 26.5. The largest absolute Gasteiger partial charge is 0.490 e. The van der Waals surface area contributed by atoms with Crippen molar-refractivity contribution in [2.45, 2.75) is 13.5 Å². The molecule has 0 radical (unpaired) electrons. The molecule has 3 aromatic rings. The SMILES string of the molecule is CCOc1cc(/C=C2\SC(=O)N(Cc3ccc(Cl)cc3)C2=O)cc(I)c1OC(=O)c1ccc(Cl)cc1. The molecule has 10 heteroatoms. The van der Waals surface area contributed by atoms with E-state index in [0.717, 1.165) is 17.3 Å². The summed E-state index contributed by atoms with van der Waals surface area (Å²) in [5.41, 5.74) is 1.77. The Hall–Kier alpha value is -2.53. The van der Waals surface area contributed by atoms with Gasteiger partial charge in [0.15, 0.2) is 11.5 Å². The lowest BCUT2D eigenvalue weighted by Crippen LogP contribution is -2.27. The molecule has 184 valence electrons. The minimum absolute atomic E-state index is 0.153. The van der Waals surface area contributed by atoms with Crippen LogP contribution in [0.5, 0.6) is 11.5 Å². The van der Waals surface area contributed by atoms with E-state index < -0.39 is 5.97 Å². The smallest absolute Gasteiger partial charge is 0.343 e. The molecular weight excluding hydrogens is 636 g/mol. The first-order chi connectivity index (χ1) is 17.2. The Kier molecular flexibility index (Phi) is 8.61. The quantitative estimate of drug-likeness (QED) is 0.114. The fourth-order valence-corrected chi connectivity index (χ4v) is 5.16. The van der Waals surface area contributed by atoms with E-state index in [0.29, 0.717) is 37.1 Å². The van der Waals surface area contributed by atoms with Crippen LogP contribution >= 0.6 is 57.6 Å². The summed E-state index contributed by atoms with van der Waals surface area (Å²) in [4.78, 5) is 39.6. The van der Waals surface area contributed by atoms with Gasteiger partial charge in [0.25, 0.3) is 11.1 Å². The molecule has 0 aromatic heterocycles. The van der Waals surface area contributed by atoms with Crippen molar-refractivity contribution < 1.29 is 23.9 Å². The highest BCUT2D eigenvalue weighted by atomic mass is 127. The van der Waals surface area contributed by atoms with Crippen molar-refractivity contribution in [3.8, 4) is 11.5 Å². The topological polar surface area (TPSA) is 72.9 Å². The maximum Gasteiger partial charge on any atom is 0.343 e. The number of hydrogen-bond donors (Lipinski definition) is 0. The molecule has 1 aliphatic rings. The van der Waals surface area contributed by atoms with E-state index in [1.165, 1.54) is 4.90 Å². The van der Waals surface area contributed by atoms with Gasteiger partial charge in [-0.25, -0.2) is 4.79 Å². The summed E-state index contributed by atoms with van der Waals surface area (Å²) in [6.45, 7) is 2.30. The number of imide groups is 1. The number of carbonyl (C=O) groups is 3. The zero-order valence-corrected chi connectivity index (χ0v) is 23.3. The Bertz CT molecular complexity index is 1360. The maximum atomic E-state index is 13.0. The minimum Gasteiger partial charge on any atom is -0.490 e. The Morgan fingerprint density at radius 1 is 1.03 bits per heavy atom. The average molecular weight is 654 g/mol. The lowest BCUT2D eigenvalue weighted by molar-refractivity contribution is -0.123. The van der Waals surface area contributed by atoms with Crippen LogP contribution < -0.4 is 9.47 Å². The molecule has 0 bridgehead atoms. The van der Waals surface area contributed by atoms with Crippen molar-refractivity contribution >= 4 is 80.7 Å². The molecule has 36 heavy (non-hydrogen) atoms. The van der Waals surface area contributed by atoms with Gasteiger partial charge in [-0.2, -0.15) is 0 Å². The van der Waals surface area contributed by atoms with Crippen molar-refractivity contribution in [2.75, 3.05) is 6.61 Å². The molecule has 1 saturated heterocycles. The van der Waals surface area contributed by atoms with Crippen LogP contribution in [0.3, 0.4) is 0 Å². The highest BCUT2D eigenvalue weighted by Gasteiger charge is 2.35. The maximum absolute atomic E-state index is 13.0. The molecule has 0 N–H and O–H groups in total. The minimum atomic E-state index is -0.554. The highest BCUT2D eigenvalue weighted by molar-refractivity contribution is 14.1. The molecule has 4 rings (SSSR count). The Morgan fingerprint density at radius 3 is 2.31 bits per heavy atom. The van der Waals surface area contributed by atoms with Crippen molar-refractivity contribution in [3.05, 3.63) is 95.9 Å².